The fourth-order valence-corrected chi connectivity index (χ4v) is 2.93. The van der Waals surface area contributed by atoms with E-state index in [0.717, 1.165) is 19.3 Å². The van der Waals surface area contributed by atoms with Crippen molar-refractivity contribution in [3.05, 3.63) is 0 Å². The second-order valence-electron chi connectivity index (χ2n) is 8.23. The molecule has 0 spiro atoms. The van der Waals surface area contributed by atoms with Crippen molar-refractivity contribution in [2.45, 2.75) is 85.2 Å². The Hall–Kier alpha value is -0.570. The first-order valence-corrected chi connectivity index (χ1v) is 7.62. The summed E-state index contributed by atoms with van der Waals surface area (Å²) in [5.41, 5.74) is 6.69. The normalized spacial score (nSPS) is 22.0. The molecule has 3 nitrogen and oxygen atoms in total. The second-order valence-corrected chi connectivity index (χ2v) is 8.23. The van der Waals surface area contributed by atoms with Gasteiger partial charge in [-0.3, -0.25) is 4.79 Å². The van der Waals surface area contributed by atoms with E-state index in [9.17, 15) is 4.79 Å². The van der Waals surface area contributed by atoms with Crippen LogP contribution in [0.5, 0.6) is 0 Å². The van der Waals surface area contributed by atoms with Crippen molar-refractivity contribution in [2.24, 2.45) is 16.6 Å². The number of nitrogens with two attached hydrogens (primary N) is 1. The summed E-state index contributed by atoms with van der Waals surface area (Å²) in [5, 5.41) is 3.15. The van der Waals surface area contributed by atoms with Gasteiger partial charge >= 0.3 is 0 Å². The lowest BCUT2D eigenvalue weighted by Crippen LogP contribution is -2.42. The fraction of sp³-hybridized carbons (Fsp3) is 0.938. The number of carbonyl (C=O) groups is 1. The van der Waals surface area contributed by atoms with Crippen molar-refractivity contribution in [1.82, 2.24) is 5.32 Å². The van der Waals surface area contributed by atoms with E-state index in [2.05, 4.69) is 39.9 Å². The molecule has 112 valence electrons. The standard InChI is InChI=1S/C16H32N2O/c1-15(2,3)11-12(17)10-14(19)18-13-6-8-16(4,5)9-7-13/h12-13H,6-11,17H2,1-5H3,(H,18,19). The maximum Gasteiger partial charge on any atom is 0.221 e. The third-order valence-corrected chi connectivity index (χ3v) is 4.03. The molecule has 0 aromatic carbocycles. The molecule has 1 aliphatic rings. The molecule has 0 aromatic rings. The Bertz CT molecular complexity index is 294. The van der Waals surface area contributed by atoms with Crippen molar-refractivity contribution >= 4 is 5.91 Å². The maximum atomic E-state index is 12.0. The second kappa shape index (κ2) is 6.25. The van der Waals surface area contributed by atoms with Gasteiger partial charge in [0.05, 0.1) is 0 Å². The maximum absolute atomic E-state index is 12.0. The van der Waals surface area contributed by atoms with Gasteiger partial charge in [-0.15, -0.1) is 0 Å². The van der Waals surface area contributed by atoms with Crippen LogP contribution >= 0.6 is 0 Å². The summed E-state index contributed by atoms with van der Waals surface area (Å²) < 4.78 is 0. The van der Waals surface area contributed by atoms with E-state index in [1.54, 1.807) is 0 Å². The van der Waals surface area contributed by atoms with Crippen LogP contribution in [0.1, 0.15) is 73.1 Å². The van der Waals surface area contributed by atoms with Gasteiger partial charge in [0, 0.05) is 18.5 Å². The van der Waals surface area contributed by atoms with Crippen LogP contribution in [0.25, 0.3) is 0 Å². The van der Waals surface area contributed by atoms with Gasteiger partial charge in [-0.05, 0) is 42.9 Å². The van der Waals surface area contributed by atoms with Crippen LogP contribution in [-0.2, 0) is 4.79 Å². The van der Waals surface area contributed by atoms with Crippen LogP contribution in [0.3, 0.4) is 0 Å². The minimum absolute atomic E-state index is 0.0277. The van der Waals surface area contributed by atoms with E-state index in [0.29, 0.717) is 17.9 Å². The molecule has 1 rings (SSSR count). The van der Waals surface area contributed by atoms with Gasteiger partial charge in [-0.1, -0.05) is 34.6 Å². The Balaban J connectivity index is 2.28. The first-order chi connectivity index (χ1) is 8.57. The zero-order chi connectivity index (χ0) is 14.7. The summed E-state index contributed by atoms with van der Waals surface area (Å²) in [6, 6.07) is 0.336. The van der Waals surface area contributed by atoms with Gasteiger partial charge in [0.25, 0.3) is 0 Å². The molecule has 3 N–H and O–H groups in total. The highest BCUT2D eigenvalue weighted by atomic mass is 16.1. The van der Waals surface area contributed by atoms with E-state index >= 15 is 0 Å². The average molecular weight is 268 g/mol. The van der Waals surface area contributed by atoms with Crippen LogP contribution in [0, 0.1) is 10.8 Å². The van der Waals surface area contributed by atoms with E-state index in [1.807, 2.05) is 0 Å². The van der Waals surface area contributed by atoms with Gasteiger partial charge in [0.1, 0.15) is 0 Å². The van der Waals surface area contributed by atoms with E-state index in [-0.39, 0.29) is 17.4 Å². The molecular weight excluding hydrogens is 236 g/mol. The number of carbonyl (C=O) groups excluding carboxylic acids is 1. The highest BCUT2D eigenvalue weighted by Gasteiger charge is 2.28. The Morgan fingerprint density at radius 2 is 1.84 bits per heavy atom. The molecule has 0 radical (unpaired) electrons. The third kappa shape index (κ3) is 6.95. The Kier molecular flexibility index (Phi) is 5.43. The van der Waals surface area contributed by atoms with Crippen molar-refractivity contribution in [2.75, 3.05) is 0 Å². The summed E-state index contributed by atoms with van der Waals surface area (Å²) in [6.45, 7) is 11.1. The van der Waals surface area contributed by atoms with Crippen LogP contribution < -0.4 is 11.1 Å². The molecule has 19 heavy (non-hydrogen) atoms. The van der Waals surface area contributed by atoms with Crippen molar-refractivity contribution in [1.29, 1.82) is 0 Å². The third-order valence-electron chi connectivity index (χ3n) is 4.03. The summed E-state index contributed by atoms with van der Waals surface area (Å²) in [4.78, 5) is 12.0. The summed E-state index contributed by atoms with van der Waals surface area (Å²) in [7, 11) is 0. The molecule has 1 unspecified atom stereocenters. The molecule has 0 bridgehead atoms. The van der Waals surface area contributed by atoms with E-state index in [4.69, 9.17) is 5.73 Å². The molecule has 1 aliphatic carbocycles. The predicted molar refractivity (Wildman–Crippen MR) is 80.8 cm³/mol. The highest BCUT2D eigenvalue weighted by molar-refractivity contribution is 5.76. The molecule has 0 saturated heterocycles. The Morgan fingerprint density at radius 1 is 1.32 bits per heavy atom. The minimum Gasteiger partial charge on any atom is -0.353 e. The summed E-state index contributed by atoms with van der Waals surface area (Å²) in [6.07, 6.45) is 5.95. The van der Waals surface area contributed by atoms with E-state index < -0.39 is 0 Å². The molecule has 1 atom stereocenters. The number of hydrogen-bond donors (Lipinski definition) is 2. The summed E-state index contributed by atoms with van der Waals surface area (Å²) in [5.74, 6) is 0.126. The zero-order valence-corrected chi connectivity index (χ0v) is 13.4. The lowest BCUT2D eigenvalue weighted by Gasteiger charge is -2.34. The lowest BCUT2D eigenvalue weighted by atomic mass is 9.75. The van der Waals surface area contributed by atoms with Gasteiger partial charge in [-0.2, -0.15) is 0 Å². The molecular formula is C16H32N2O. The first-order valence-electron chi connectivity index (χ1n) is 7.62. The highest BCUT2D eigenvalue weighted by Crippen LogP contribution is 2.35. The molecule has 1 amide bonds. The van der Waals surface area contributed by atoms with E-state index in [1.165, 1.54) is 12.8 Å². The predicted octanol–water partition coefficient (Wildman–Crippen LogP) is 3.23. The van der Waals surface area contributed by atoms with Crippen molar-refractivity contribution < 1.29 is 4.79 Å². The molecule has 1 saturated carbocycles. The monoisotopic (exact) mass is 268 g/mol. The van der Waals surface area contributed by atoms with Gasteiger partial charge in [0.15, 0.2) is 0 Å². The SMILES string of the molecule is CC(C)(C)CC(N)CC(=O)NC1CCC(C)(C)CC1. The summed E-state index contributed by atoms with van der Waals surface area (Å²) >= 11 is 0. The number of hydrogen-bond acceptors (Lipinski definition) is 2. The minimum atomic E-state index is -0.0277. The molecule has 0 heterocycles. The van der Waals surface area contributed by atoms with Crippen LogP contribution in [0.15, 0.2) is 0 Å². The molecule has 1 fully saturated rings. The topological polar surface area (TPSA) is 55.1 Å². The Morgan fingerprint density at radius 3 is 2.32 bits per heavy atom. The Labute approximate surface area is 118 Å². The quantitative estimate of drug-likeness (QED) is 0.822. The van der Waals surface area contributed by atoms with Crippen molar-refractivity contribution in [3.8, 4) is 0 Å². The van der Waals surface area contributed by atoms with Gasteiger partial charge < -0.3 is 11.1 Å². The number of rotatable bonds is 4. The van der Waals surface area contributed by atoms with Crippen molar-refractivity contribution in [3.63, 3.8) is 0 Å². The van der Waals surface area contributed by atoms with Gasteiger partial charge in [-0.25, -0.2) is 0 Å². The number of nitrogens with one attached hydrogen (secondary N) is 1. The molecule has 3 heteroatoms. The fourth-order valence-electron chi connectivity index (χ4n) is 2.93. The van der Waals surface area contributed by atoms with Crippen LogP contribution in [0.2, 0.25) is 0 Å². The first kappa shape index (κ1) is 16.5. The van der Waals surface area contributed by atoms with Crippen LogP contribution in [-0.4, -0.2) is 18.0 Å². The smallest absolute Gasteiger partial charge is 0.221 e. The van der Waals surface area contributed by atoms with Crippen LogP contribution in [0.4, 0.5) is 0 Å². The zero-order valence-electron chi connectivity index (χ0n) is 13.4. The molecule has 0 aliphatic heterocycles. The number of amides is 1. The average Bonchev–Trinajstić information content (AvgIpc) is 2.18. The van der Waals surface area contributed by atoms with Gasteiger partial charge in [0.2, 0.25) is 5.91 Å². The molecule has 0 aromatic heterocycles. The lowest BCUT2D eigenvalue weighted by molar-refractivity contribution is -0.122. The largest absolute Gasteiger partial charge is 0.353 e.